The lowest BCUT2D eigenvalue weighted by Gasteiger charge is -2.38. The number of aryl methyl sites for hydroxylation is 2. The van der Waals surface area contributed by atoms with Crippen LogP contribution in [0.1, 0.15) is 30.4 Å². The second-order valence-electron chi connectivity index (χ2n) is 9.57. The largest absolute Gasteiger partial charge is 0.340 e. The van der Waals surface area contributed by atoms with Crippen molar-refractivity contribution in [2.75, 3.05) is 44.6 Å². The molecule has 0 atom stereocenters. The Hall–Kier alpha value is -2.91. The maximum absolute atomic E-state index is 13.2. The minimum Gasteiger partial charge on any atom is -0.340 e. The van der Waals surface area contributed by atoms with Crippen LogP contribution in [0.15, 0.2) is 53.4 Å². The Morgan fingerprint density at radius 1 is 0.800 bits per heavy atom. The fraction of sp³-hybridized carbons (Fsp3) is 0.462. The van der Waals surface area contributed by atoms with Crippen molar-refractivity contribution in [3.05, 3.63) is 59.7 Å². The van der Waals surface area contributed by atoms with Gasteiger partial charge in [-0.05, 0) is 67.5 Å². The normalized spacial score (nSPS) is 19.4. The highest BCUT2D eigenvalue weighted by Crippen LogP contribution is 2.27. The fourth-order valence-corrected chi connectivity index (χ4v) is 6.79. The molecular formula is C26H32N4O4S. The molecule has 1 N–H and O–H groups in total. The molecule has 0 saturated carbocycles. The zero-order chi connectivity index (χ0) is 24.4. The van der Waals surface area contributed by atoms with Crippen molar-refractivity contribution >= 4 is 27.6 Å². The first-order valence-electron chi connectivity index (χ1n) is 12.4. The van der Waals surface area contributed by atoms with Crippen LogP contribution in [-0.4, -0.2) is 73.7 Å². The van der Waals surface area contributed by atoms with E-state index in [2.05, 4.69) is 5.32 Å². The minimum atomic E-state index is -3.56. The second kappa shape index (κ2) is 9.99. The van der Waals surface area contributed by atoms with E-state index >= 15 is 0 Å². The summed E-state index contributed by atoms with van der Waals surface area (Å²) in [5.41, 5.74) is 3.15. The summed E-state index contributed by atoms with van der Waals surface area (Å²) in [4.78, 5) is 29.5. The Morgan fingerprint density at radius 2 is 1.49 bits per heavy atom. The van der Waals surface area contributed by atoms with E-state index in [1.165, 1.54) is 9.87 Å². The Balaban J connectivity index is 1.12. The smallest absolute Gasteiger partial charge is 0.321 e. The van der Waals surface area contributed by atoms with E-state index in [9.17, 15) is 18.0 Å². The molecule has 0 aromatic heterocycles. The van der Waals surface area contributed by atoms with Gasteiger partial charge in [0.15, 0.2) is 0 Å². The number of carbonyl (C=O) groups excluding carboxylic acids is 2. The summed E-state index contributed by atoms with van der Waals surface area (Å²) < 4.78 is 27.9. The summed E-state index contributed by atoms with van der Waals surface area (Å²) in [5.74, 6) is -0.0571. The number of amides is 3. The highest BCUT2D eigenvalue weighted by Gasteiger charge is 2.34. The molecule has 2 aromatic carbocycles. The quantitative estimate of drug-likeness (QED) is 0.705. The van der Waals surface area contributed by atoms with Crippen molar-refractivity contribution < 1.29 is 18.0 Å². The summed E-state index contributed by atoms with van der Waals surface area (Å²) in [6.45, 7) is 2.48. The van der Waals surface area contributed by atoms with Crippen LogP contribution in [0.25, 0.3) is 0 Å². The molecule has 0 spiro atoms. The molecule has 0 unspecified atom stereocenters. The fourth-order valence-electron chi connectivity index (χ4n) is 5.32. The molecule has 8 nitrogen and oxygen atoms in total. The van der Waals surface area contributed by atoms with Crippen LogP contribution in [0.3, 0.4) is 0 Å². The van der Waals surface area contributed by atoms with Gasteiger partial charge in [0.25, 0.3) is 0 Å². The molecule has 35 heavy (non-hydrogen) atoms. The maximum atomic E-state index is 13.2. The lowest BCUT2D eigenvalue weighted by molar-refractivity contribution is -0.138. The Kier molecular flexibility index (Phi) is 6.80. The van der Waals surface area contributed by atoms with E-state index in [1.54, 1.807) is 15.9 Å². The molecule has 2 aromatic rings. The molecule has 3 amide bonds. The molecular weight excluding hydrogens is 464 g/mol. The topological polar surface area (TPSA) is 90.0 Å². The molecule has 186 valence electrons. The molecule has 1 aliphatic carbocycles. The number of rotatable bonds is 4. The zero-order valence-electron chi connectivity index (χ0n) is 19.9. The molecule has 5 rings (SSSR count). The maximum Gasteiger partial charge on any atom is 0.321 e. The molecule has 2 saturated heterocycles. The van der Waals surface area contributed by atoms with E-state index in [0.717, 1.165) is 30.5 Å². The van der Waals surface area contributed by atoms with Gasteiger partial charge in [-0.1, -0.05) is 24.3 Å². The number of sulfonamides is 1. The summed E-state index contributed by atoms with van der Waals surface area (Å²) in [7, 11) is -3.56. The molecule has 0 radical (unpaired) electrons. The van der Waals surface area contributed by atoms with Crippen LogP contribution in [0.2, 0.25) is 0 Å². The van der Waals surface area contributed by atoms with E-state index in [0.29, 0.717) is 57.0 Å². The first-order valence-corrected chi connectivity index (χ1v) is 13.9. The van der Waals surface area contributed by atoms with Crippen molar-refractivity contribution in [1.82, 2.24) is 14.1 Å². The molecule has 2 heterocycles. The minimum absolute atomic E-state index is 0.0719. The summed E-state index contributed by atoms with van der Waals surface area (Å²) in [6, 6.07) is 14.7. The molecule has 2 fully saturated rings. The third-order valence-corrected chi connectivity index (χ3v) is 9.31. The zero-order valence-corrected chi connectivity index (χ0v) is 20.7. The van der Waals surface area contributed by atoms with Gasteiger partial charge in [-0.15, -0.1) is 0 Å². The number of piperazine rings is 1. The third kappa shape index (κ3) is 5.06. The van der Waals surface area contributed by atoms with Crippen molar-refractivity contribution in [1.29, 1.82) is 0 Å². The lowest BCUT2D eigenvalue weighted by atomic mass is 9.95. The lowest BCUT2D eigenvalue weighted by Crippen LogP contribution is -2.53. The van der Waals surface area contributed by atoms with Crippen LogP contribution in [0.4, 0.5) is 10.5 Å². The Morgan fingerprint density at radius 3 is 2.20 bits per heavy atom. The number of benzene rings is 2. The number of nitrogens with one attached hydrogen (secondary N) is 1. The van der Waals surface area contributed by atoms with Gasteiger partial charge in [-0.3, -0.25) is 4.79 Å². The Labute approximate surface area is 206 Å². The molecule has 9 heteroatoms. The van der Waals surface area contributed by atoms with Gasteiger partial charge < -0.3 is 15.1 Å². The van der Waals surface area contributed by atoms with Crippen molar-refractivity contribution in [2.45, 2.75) is 37.0 Å². The Bertz CT molecular complexity index is 1190. The predicted octanol–water partition coefficient (Wildman–Crippen LogP) is 2.95. The number of fused-ring (bicyclic) bond motifs is 1. The molecule has 2 aliphatic heterocycles. The highest BCUT2D eigenvalue weighted by molar-refractivity contribution is 7.89. The van der Waals surface area contributed by atoms with Gasteiger partial charge in [-0.2, -0.15) is 4.31 Å². The van der Waals surface area contributed by atoms with Crippen LogP contribution < -0.4 is 5.32 Å². The molecule has 0 bridgehead atoms. The van der Waals surface area contributed by atoms with Gasteiger partial charge in [-0.25, -0.2) is 13.2 Å². The van der Waals surface area contributed by atoms with Crippen LogP contribution in [-0.2, 0) is 27.7 Å². The van der Waals surface area contributed by atoms with E-state index in [1.807, 2.05) is 42.5 Å². The van der Waals surface area contributed by atoms with Gasteiger partial charge in [0.2, 0.25) is 15.9 Å². The monoisotopic (exact) mass is 496 g/mol. The van der Waals surface area contributed by atoms with Gasteiger partial charge in [0.1, 0.15) is 0 Å². The number of piperidine rings is 1. The molecule has 3 aliphatic rings. The van der Waals surface area contributed by atoms with Crippen LogP contribution in [0.5, 0.6) is 0 Å². The number of likely N-dealkylation sites (tertiary alicyclic amines) is 1. The second-order valence-corrected chi connectivity index (χ2v) is 11.5. The van der Waals surface area contributed by atoms with Gasteiger partial charge >= 0.3 is 6.03 Å². The number of carbonyl (C=O) groups is 2. The van der Waals surface area contributed by atoms with E-state index in [-0.39, 0.29) is 17.9 Å². The van der Waals surface area contributed by atoms with Crippen LogP contribution >= 0.6 is 0 Å². The van der Waals surface area contributed by atoms with Crippen LogP contribution in [0, 0.1) is 5.92 Å². The summed E-state index contributed by atoms with van der Waals surface area (Å²) >= 11 is 0. The SMILES string of the molecule is O=C(Nc1ccccc1)N1CCC(C(=O)N2CCN(S(=O)(=O)c3ccc4c(c3)CCC4)CC2)CC1. The number of hydrogen-bond donors (Lipinski definition) is 1. The average molecular weight is 497 g/mol. The van der Waals surface area contributed by atoms with Crippen molar-refractivity contribution in [3.63, 3.8) is 0 Å². The summed E-state index contributed by atoms with van der Waals surface area (Å²) in [5, 5.41) is 2.89. The average Bonchev–Trinajstić information content (AvgIpc) is 3.37. The van der Waals surface area contributed by atoms with E-state index in [4.69, 9.17) is 0 Å². The predicted molar refractivity (Wildman–Crippen MR) is 134 cm³/mol. The van der Waals surface area contributed by atoms with Crippen molar-refractivity contribution in [2.24, 2.45) is 5.92 Å². The number of hydrogen-bond acceptors (Lipinski definition) is 4. The highest BCUT2D eigenvalue weighted by atomic mass is 32.2. The first kappa shape index (κ1) is 23.8. The van der Waals surface area contributed by atoms with Crippen molar-refractivity contribution in [3.8, 4) is 0 Å². The number of urea groups is 1. The summed E-state index contributed by atoms with van der Waals surface area (Å²) in [6.07, 6.45) is 4.28. The number of para-hydroxylation sites is 1. The first-order chi connectivity index (χ1) is 16.9. The van der Waals surface area contributed by atoms with Gasteiger partial charge in [0, 0.05) is 50.9 Å². The van der Waals surface area contributed by atoms with Gasteiger partial charge in [0.05, 0.1) is 4.90 Å². The number of nitrogens with zero attached hydrogens (tertiary/aromatic N) is 3. The number of anilines is 1. The standard InChI is InChI=1S/C26H32N4O4S/c31-25(21-11-13-29(14-12-21)26(32)27-23-7-2-1-3-8-23)28-15-17-30(18-16-28)35(33,34)24-10-9-20-5-4-6-22(20)19-24/h1-3,7-10,19,21H,4-6,11-18H2,(H,27,32). The van der Waals surface area contributed by atoms with E-state index < -0.39 is 10.0 Å². The third-order valence-electron chi connectivity index (χ3n) is 7.41.